The Morgan fingerprint density at radius 3 is 2.53 bits per heavy atom. The maximum atomic E-state index is 5.90. The van der Waals surface area contributed by atoms with E-state index in [1.54, 1.807) is 0 Å². The Kier molecular flexibility index (Phi) is 6.92. The normalized spacial score (nSPS) is 11.0. The molecule has 0 saturated heterocycles. The third-order valence-electron chi connectivity index (χ3n) is 3.11. The van der Waals surface area contributed by atoms with E-state index in [1.807, 2.05) is 6.92 Å². The zero-order valence-electron chi connectivity index (χ0n) is 12.2. The highest BCUT2D eigenvalue weighted by Gasteiger charge is 2.06. The van der Waals surface area contributed by atoms with E-state index in [-0.39, 0.29) is 5.28 Å². The molecule has 1 aromatic rings. The molecule has 19 heavy (non-hydrogen) atoms. The molecule has 0 atom stereocenters. The van der Waals surface area contributed by atoms with Crippen LogP contribution < -0.4 is 11.1 Å². The lowest BCUT2D eigenvalue weighted by Gasteiger charge is -2.10. The summed E-state index contributed by atoms with van der Waals surface area (Å²) in [5.74, 6) is 1.46. The molecule has 1 aromatic heterocycles. The predicted molar refractivity (Wildman–Crippen MR) is 82.6 cm³/mol. The lowest BCUT2D eigenvalue weighted by Crippen LogP contribution is -2.08. The van der Waals surface area contributed by atoms with Gasteiger partial charge >= 0.3 is 0 Å². The van der Waals surface area contributed by atoms with Crippen LogP contribution in [-0.2, 0) is 0 Å². The summed E-state index contributed by atoms with van der Waals surface area (Å²) in [6, 6.07) is 0. The van der Waals surface area contributed by atoms with Crippen molar-refractivity contribution in [3.63, 3.8) is 0 Å². The Hall–Kier alpha value is -1.03. The van der Waals surface area contributed by atoms with Crippen molar-refractivity contribution in [1.29, 1.82) is 0 Å². The van der Waals surface area contributed by atoms with Gasteiger partial charge in [0.05, 0.1) is 11.4 Å². The largest absolute Gasteiger partial charge is 0.394 e. The van der Waals surface area contributed by atoms with Crippen LogP contribution in [0.2, 0.25) is 5.28 Å². The fourth-order valence-corrected chi connectivity index (χ4v) is 2.13. The van der Waals surface area contributed by atoms with Gasteiger partial charge in [-0.15, -0.1) is 0 Å². The third kappa shape index (κ3) is 6.10. The number of aryl methyl sites for hydroxylation is 1. The zero-order valence-corrected chi connectivity index (χ0v) is 12.9. The molecule has 108 valence electrons. The van der Waals surface area contributed by atoms with Crippen molar-refractivity contribution in [2.24, 2.45) is 5.92 Å². The molecule has 0 aliphatic heterocycles. The van der Waals surface area contributed by atoms with E-state index in [0.29, 0.717) is 11.5 Å². The van der Waals surface area contributed by atoms with Gasteiger partial charge in [-0.3, -0.25) is 0 Å². The number of unbranched alkanes of at least 4 members (excludes halogenated alkanes) is 3. The smallest absolute Gasteiger partial charge is 0.224 e. The molecule has 0 aliphatic carbocycles. The molecule has 0 aromatic carbocycles. The van der Waals surface area contributed by atoms with E-state index in [0.717, 1.165) is 24.6 Å². The van der Waals surface area contributed by atoms with E-state index in [4.69, 9.17) is 17.3 Å². The van der Waals surface area contributed by atoms with Gasteiger partial charge < -0.3 is 11.1 Å². The molecule has 0 spiro atoms. The van der Waals surface area contributed by atoms with E-state index in [9.17, 15) is 0 Å². The number of hydrogen-bond donors (Lipinski definition) is 2. The van der Waals surface area contributed by atoms with Crippen molar-refractivity contribution in [3.8, 4) is 0 Å². The molecule has 1 heterocycles. The summed E-state index contributed by atoms with van der Waals surface area (Å²) in [4.78, 5) is 8.12. The van der Waals surface area contributed by atoms with Crippen molar-refractivity contribution < 1.29 is 0 Å². The first-order chi connectivity index (χ1) is 9.00. The van der Waals surface area contributed by atoms with Crippen LogP contribution in [0, 0.1) is 12.8 Å². The number of nitrogen functional groups attached to an aromatic ring is 1. The number of rotatable bonds is 8. The maximum absolute atomic E-state index is 5.90. The summed E-state index contributed by atoms with van der Waals surface area (Å²) in [5.41, 5.74) is 7.21. The molecule has 0 radical (unpaired) electrons. The van der Waals surface area contributed by atoms with Gasteiger partial charge in [0, 0.05) is 6.54 Å². The van der Waals surface area contributed by atoms with Gasteiger partial charge in [-0.25, -0.2) is 4.98 Å². The summed E-state index contributed by atoms with van der Waals surface area (Å²) < 4.78 is 0. The number of hydrogen-bond acceptors (Lipinski definition) is 4. The van der Waals surface area contributed by atoms with Gasteiger partial charge in [0.15, 0.2) is 5.82 Å². The SMILES string of the molecule is Cc1nc(Cl)nc(NCCCCCCC(C)C)c1N. The molecule has 0 fully saturated rings. The molecule has 0 aliphatic rings. The van der Waals surface area contributed by atoms with Crippen LogP contribution >= 0.6 is 11.6 Å². The second-order valence-electron chi connectivity index (χ2n) is 5.36. The molecule has 0 bridgehead atoms. The quantitative estimate of drug-likeness (QED) is 0.559. The van der Waals surface area contributed by atoms with Gasteiger partial charge in [0.25, 0.3) is 0 Å². The second-order valence-corrected chi connectivity index (χ2v) is 5.70. The monoisotopic (exact) mass is 284 g/mol. The number of nitrogens with one attached hydrogen (secondary N) is 1. The molecule has 4 nitrogen and oxygen atoms in total. The molecular weight excluding hydrogens is 260 g/mol. The zero-order chi connectivity index (χ0) is 14.3. The maximum Gasteiger partial charge on any atom is 0.224 e. The van der Waals surface area contributed by atoms with Crippen LogP contribution in [0.1, 0.15) is 51.6 Å². The van der Waals surface area contributed by atoms with Gasteiger partial charge in [0.2, 0.25) is 5.28 Å². The topological polar surface area (TPSA) is 63.8 Å². The van der Waals surface area contributed by atoms with Crippen LogP contribution in [-0.4, -0.2) is 16.5 Å². The molecule has 3 N–H and O–H groups in total. The minimum Gasteiger partial charge on any atom is -0.394 e. The van der Waals surface area contributed by atoms with Crippen molar-refractivity contribution in [2.75, 3.05) is 17.6 Å². The van der Waals surface area contributed by atoms with Crippen molar-refractivity contribution in [3.05, 3.63) is 11.0 Å². The average molecular weight is 285 g/mol. The number of anilines is 2. The van der Waals surface area contributed by atoms with Crippen LogP contribution in [0.5, 0.6) is 0 Å². The Bertz CT molecular complexity index is 393. The van der Waals surface area contributed by atoms with Crippen LogP contribution in [0.15, 0.2) is 0 Å². The summed E-state index contributed by atoms with van der Waals surface area (Å²) in [5, 5.41) is 3.48. The summed E-state index contributed by atoms with van der Waals surface area (Å²) in [6.45, 7) is 7.25. The summed E-state index contributed by atoms with van der Waals surface area (Å²) in [7, 11) is 0. The highest BCUT2D eigenvalue weighted by molar-refractivity contribution is 6.28. The van der Waals surface area contributed by atoms with Crippen molar-refractivity contribution in [2.45, 2.75) is 52.9 Å². The van der Waals surface area contributed by atoms with Gasteiger partial charge in [-0.05, 0) is 30.9 Å². The molecular formula is C14H25ClN4. The highest BCUT2D eigenvalue weighted by Crippen LogP contribution is 2.20. The van der Waals surface area contributed by atoms with E-state index in [1.165, 1.54) is 25.7 Å². The fraction of sp³-hybridized carbons (Fsp3) is 0.714. The average Bonchev–Trinajstić information content (AvgIpc) is 2.33. The third-order valence-corrected chi connectivity index (χ3v) is 3.28. The predicted octanol–water partition coefficient (Wildman–Crippen LogP) is 4.04. The number of aromatic nitrogens is 2. The lowest BCUT2D eigenvalue weighted by molar-refractivity contribution is 0.523. The van der Waals surface area contributed by atoms with Crippen molar-refractivity contribution >= 4 is 23.1 Å². The Morgan fingerprint density at radius 2 is 1.84 bits per heavy atom. The van der Waals surface area contributed by atoms with Gasteiger partial charge in [-0.2, -0.15) is 4.98 Å². The standard InChI is InChI=1S/C14H25ClN4/c1-10(2)8-6-4-5-7-9-17-13-12(16)11(3)18-14(15)19-13/h10H,4-9,16H2,1-3H3,(H,17,18,19). The van der Waals surface area contributed by atoms with Crippen molar-refractivity contribution in [1.82, 2.24) is 9.97 Å². The Labute approximate surface area is 121 Å². The Balaban J connectivity index is 2.23. The fourth-order valence-electron chi connectivity index (χ4n) is 1.92. The minimum atomic E-state index is 0.242. The van der Waals surface area contributed by atoms with E-state index >= 15 is 0 Å². The molecule has 5 heteroatoms. The van der Waals surface area contributed by atoms with E-state index in [2.05, 4.69) is 29.1 Å². The first-order valence-corrected chi connectivity index (χ1v) is 7.42. The summed E-state index contributed by atoms with van der Waals surface area (Å²) in [6.07, 6.45) is 6.29. The van der Waals surface area contributed by atoms with Crippen LogP contribution in [0.4, 0.5) is 11.5 Å². The Morgan fingerprint density at radius 1 is 1.16 bits per heavy atom. The lowest BCUT2D eigenvalue weighted by atomic mass is 10.0. The molecule has 1 rings (SSSR count). The summed E-state index contributed by atoms with van der Waals surface area (Å²) >= 11 is 5.82. The van der Waals surface area contributed by atoms with Gasteiger partial charge in [-0.1, -0.05) is 39.5 Å². The second kappa shape index (κ2) is 8.20. The molecule has 0 saturated carbocycles. The first-order valence-electron chi connectivity index (χ1n) is 7.04. The molecule has 0 amide bonds. The van der Waals surface area contributed by atoms with Gasteiger partial charge in [0.1, 0.15) is 0 Å². The minimum absolute atomic E-state index is 0.242. The number of nitrogens with two attached hydrogens (primary N) is 1. The van der Waals surface area contributed by atoms with E-state index < -0.39 is 0 Å². The number of halogens is 1. The number of nitrogens with zero attached hydrogens (tertiary/aromatic N) is 2. The highest BCUT2D eigenvalue weighted by atomic mass is 35.5. The first kappa shape index (κ1) is 16.0. The van der Waals surface area contributed by atoms with Crippen LogP contribution in [0.25, 0.3) is 0 Å². The molecule has 0 unspecified atom stereocenters. The van der Waals surface area contributed by atoms with Crippen LogP contribution in [0.3, 0.4) is 0 Å².